The number of carbonyl (C=O) groups is 1. The van der Waals surface area contributed by atoms with Gasteiger partial charge in [0.05, 0.1) is 0 Å². The van der Waals surface area contributed by atoms with Gasteiger partial charge in [-0.3, -0.25) is 4.79 Å². The fourth-order valence-corrected chi connectivity index (χ4v) is 2.97. The lowest BCUT2D eigenvalue weighted by Crippen LogP contribution is -2.22. The molecular weight excluding hydrogens is 224 g/mol. The van der Waals surface area contributed by atoms with E-state index in [-0.39, 0.29) is 0 Å². The second kappa shape index (κ2) is 6.17. The third kappa shape index (κ3) is 3.21. The Morgan fingerprint density at radius 1 is 1.39 bits per heavy atom. The average Bonchev–Trinajstić information content (AvgIpc) is 2.81. The van der Waals surface area contributed by atoms with E-state index >= 15 is 0 Å². The van der Waals surface area contributed by atoms with E-state index in [2.05, 4.69) is 11.9 Å². The van der Waals surface area contributed by atoms with Crippen LogP contribution in [-0.4, -0.2) is 15.3 Å². The van der Waals surface area contributed by atoms with Gasteiger partial charge in [0.25, 0.3) is 0 Å². The first-order chi connectivity index (χ1) is 8.70. The van der Waals surface area contributed by atoms with Crippen molar-refractivity contribution in [2.75, 3.05) is 0 Å². The lowest BCUT2D eigenvalue weighted by molar-refractivity contribution is -0.124. The minimum absolute atomic E-state index is 0.327. The molecule has 0 saturated heterocycles. The molecule has 0 N–H and O–H groups in total. The highest BCUT2D eigenvalue weighted by Crippen LogP contribution is 2.31. The van der Waals surface area contributed by atoms with Gasteiger partial charge in [-0.2, -0.15) is 0 Å². The maximum atomic E-state index is 12.2. The Morgan fingerprint density at radius 2 is 2.11 bits per heavy atom. The maximum absolute atomic E-state index is 12.2. The first-order valence-corrected chi connectivity index (χ1v) is 7.19. The molecule has 2 rings (SSSR count). The largest absolute Gasteiger partial charge is 0.338 e. The van der Waals surface area contributed by atoms with Gasteiger partial charge < -0.3 is 4.57 Å². The molecule has 0 unspecified atom stereocenters. The van der Waals surface area contributed by atoms with Crippen LogP contribution in [0.5, 0.6) is 0 Å². The molecular formula is C15H24N2O. The number of aryl methyl sites for hydroxylation is 2. The van der Waals surface area contributed by atoms with E-state index in [0.717, 1.165) is 31.0 Å². The van der Waals surface area contributed by atoms with Crippen LogP contribution in [0.4, 0.5) is 0 Å². The number of ketones is 1. The molecule has 0 radical (unpaired) electrons. The number of hydrogen-bond acceptors (Lipinski definition) is 2. The highest BCUT2D eigenvalue weighted by atomic mass is 16.1. The standard InChI is InChI=1S/C15H24N2O/c1-3-12-4-6-13(7-5-12)14(18)8-9-15-16-10-11-17(15)2/h10-13H,3-9H2,1-2H3. The van der Waals surface area contributed by atoms with Crippen molar-refractivity contribution in [3.8, 4) is 0 Å². The van der Waals surface area contributed by atoms with Gasteiger partial charge in [0.2, 0.25) is 0 Å². The van der Waals surface area contributed by atoms with Crippen molar-refractivity contribution in [3.05, 3.63) is 18.2 Å². The summed E-state index contributed by atoms with van der Waals surface area (Å²) in [6.45, 7) is 2.26. The fourth-order valence-electron chi connectivity index (χ4n) is 2.97. The number of carbonyl (C=O) groups excluding carboxylic acids is 1. The summed E-state index contributed by atoms with van der Waals surface area (Å²) in [5.41, 5.74) is 0. The molecule has 1 aromatic rings. The molecule has 0 aromatic carbocycles. The van der Waals surface area contributed by atoms with Gasteiger partial charge in [0.15, 0.2) is 0 Å². The van der Waals surface area contributed by atoms with Crippen molar-refractivity contribution in [1.29, 1.82) is 0 Å². The molecule has 3 nitrogen and oxygen atoms in total. The molecule has 1 aliphatic carbocycles. The van der Waals surface area contributed by atoms with E-state index < -0.39 is 0 Å². The number of imidazole rings is 1. The van der Waals surface area contributed by atoms with Crippen molar-refractivity contribution in [1.82, 2.24) is 9.55 Å². The highest BCUT2D eigenvalue weighted by Gasteiger charge is 2.25. The van der Waals surface area contributed by atoms with Crippen molar-refractivity contribution in [3.63, 3.8) is 0 Å². The molecule has 18 heavy (non-hydrogen) atoms. The Hall–Kier alpha value is -1.12. The zero-order chi connectivity index (χ0) is 13.0. The summed E-state index contributed by atoms with van der Waals surface area (Å²) in [4.78, 5) is 16.4. The molecule has 0 atom stereocenters. The van der Waals surface area contributed by atoms with Crippen molar-refractivity contribution in [2.24, 2.45) is 18.9 Å². The summed E-state index contributed by atoms with van der Waals surface area (Å²) >= 11 is 0. The summed E-state index contributed by atoms with van der Waals surface area (Å²) in [5.74, 6) is 2.66. The second-order valence-electron chi connectivity index (χ2n) is 5.55. The van der Waals surface area contributed by atoms with E-state index in [4.69, 9.17) is 0 Å². The monoisotopic (exact) mass is 248 g/mol. The summed E-state index contributed by atoms with van der Waals surface area (Å²) in [6.07, 6.45) is 11.2. The molecule has 3 heteroatoms. The Labute approximate surface area is 110 Å². The number of rotatable bonds is 5. The van der Waals surface area contributed by atoms with Gasteiger partial charge in [0, 0.05) is 38.2 Å². The minimum Gasteiger partial charge on any atom is -0.338 e. The lowest BCUT2D eigenvalue weighted by Gasteiger charge is -2.26. The Balaban J connectivity index is 1.77. The topological polar surface area (TPSA) is 34.9 Å². The first-order valence-electron chi connectivity index (χ1n) is 7.19. The summed E-state index contributed by atoms with van der Waals surface area (Å²) < 4.78 is 2.00. The summed E-state index contributed by atoms with van der Waals surface area (Å²) in [7, 11) is 1.99. The van der Waals surface area contributed by atoms with Crippen molar-refractivity contribution >= 4 is 5.78 Å². The molecule has 1 aromatic heterocycles. The SMILES string of the molecule is CCC1CCC(C(=O)CCc2nccn2C)CC1. The van der Waals surface area contributed by atoms with E-state index in [1.807, 2.05) is 17.8 Å². The first kappa shape index (κ1) is 13.3. The number of Topliss-reactive ketones (excluding diaryl/α,β-unsaturated/α-hetero) is 1. The second-order valence-corrected chi connectivity index (χ2v) is 5.55. The molecule has 0 bridgehead atoms. The van der Waals surface area contributed by atoms with Crippen LogP contribution in [0.2, 0.25) is 0 Å². The Morgan fingerprint density at radius 3 is 2.67 bits per heavy atom. The van der Waals surface area contributed by atoms with Crippen LogP contribution >= 0.6 is 0 Å². The smallest absolute Gasteiger partial charge is 0.136 e. The summed E-state index contributed by atoms with van der Waals surface area (Å²) in [6, 6.07) is 0. The van der Waals surface area contributed by atoms with Crippen LogP contribution in [0, 0.1) is 11.8 Å². The lowest BCUT2D eigenvalue weighted by atomic mass is 9.78. The van der Waals surface area contributed by atoms with Crippen LogP contribution in [-0.2, 0) is 18.3 Å². The van der Waals surface area contributed by atoms with Gasteiger partial charge in [-0.15, -0.1) is 0 Å². The molecule has 1 aliphatic rings. The van der Waals surface area contributed by atoms with Gasteiger partial charge in [-0.1, -0.05) is 13.3 Å². The predicted octanol–water partition coefficient (Wildman–Crippen LogP) is 3.14. The van der Waals surface area contributed by atoms with Crippen LogP contribution in [0.15, 0.2) is 12.4 Å². The van der Waals surface area contributed by atoms with E-state index in [0.29, 0.717) is 18.1 Å². The zero-order valence-corrected chi connectivity index (χ0v) is 11.6. The minimum atomic E-state index is 0.327. The van der Waals surface area contributed by atoms with Crippen LogP contribution in [0.1, 0.15) is 51.3 Å². The van der Waals surface area contributed by atoms with Crippen molar-refractivity contribution < 1.29 is 4.79 Å². The third-order valence-corrected chi connectivity index (χ3v) is 4.40. The molecule has 0 aliphatic heterocycles. The number of nitrogens with zero attached hydrogens (tertiary/aromatic N) is 2. The normalized spacial score (nSPS) is 24.1. The van der Waals surface area contributed by atoms with Crippen LogP contribution in [0.25, 0.3) is 0 Å². The average molecular weight is 248 g/mol. The fraction of sp³-hybridized carbons (Fsp3) is 0.733. The van der Waals surface area contributed by atoms with Gasteiger partial charge in [-0.25, -0.2) is 4.98 Å². The Bertz CT molecular complexity index is 389. The molecule has 0 amide bonds. The molecule has 1 saturated carbocycles. The Kier molecular flexibility index (Phi) is 4.56. The zero-order valence-electron chi connectivity index (χ0n) is 11.6. The van der Waals surface area contributed by atoms with E-state index in [1.165, 1.54) is 19.3 Å². The summed E-state index contributed by atoms with van der Waals surface area (Å²) in [5, 5.41) is 0. The van der Waals surface area contributed by atoms with E-state index in [1.54, 1.807) is 6.20 Å². The van der Waals surface area contributed by atoms with Crippen molar-refractivity contribution in [2.45, 2.75) is 51.9 Å². The van der Waals surface area contributed by atoms with Crippen LogP contribution < -0.4 is 0 Å². The predicted molar refractivity (Wildman–Crippen MR) is 72.3 cm³/mol. The number of hydrogen-bond donors (Lipinski definition) is 0. The van der Waals surface area contributed by atoms with Gasteiger partial charge in [0.1, 0.15) is 11.6 Å². The molecule has 100 valence electrons. The number of aromatic nitrogens is 2. The van der Waals surface area contributed by atoms with Crippen LogP contribution in [0.3, 0.4) is 0 Å². The van der Waals surface area contributed by atoms with Gasteiger partial charge >= 0.3 is 0 Å². The van der Waals surface area contributed by atoms with Gasteiger partial charge in [-0.05, 0) is 31.6 Å². The quantitative estimate of drug-likeness (QED) is 0.802. The molecule has 1 heterocycles. The maximum Gasteiger partial charge on any atom is 0.136 e. The molecule has 0 spiro atoms. The molecule has 1 fully saturated rings. The third-order valence-electron chi connectivity index (χ3n) is 4.40. The highest BCUT2D eigenvalue weighted by molar-refractivity contribution is 5.81. The van der Waals surface area contributed by atoms with E-state index in [9.17, 15) is 4.79 Å².